The van der Waals surface area contributed by atoms with E-state index in [4.69, 9.17) is 13.9 Å². The minimum absolute atomic E-state index is 0.215. The zero-order chi connectivity index (χ0) is 20.9. The van der Waals surface area contributed by atoms with Crippen molar-refractivity contribution in [3.63, 3.8) is 0 Å². The third kappa shape index (κ3) is 8.80. The molecule has 0 spiro atoms. The van der Waals surface area contributed by atoms with E-state index in [1.165, 1.54) is 0 Å². The molecule has 0 amide bonds. The van der Waals surface area contributed by atoms with Gasteiger partial charge in [0.05, 0.1) is 13.2 Å². The Morgan fingerprint density at radius 1 is 0.963 bits per heavy atom. The van der Waals surface area contributed by atoms with E-state index < -0.39 is 16.4 Å². The number of imidazole rings is 1. The lowest BCUT2D eigenvalue weighted by Gasteiger charge is -2.36. The molecule has 0 fully saturated rings. The van der Waals surface area contributed by atoms with Crippen LogP contribution in [0, 0.1) is 0 Å². The highest BCUT2D eigenvalue weighted by atomic mass is 79.9. The molecule has 0 atom stereocenters. The Morgan fingerprint density at radius 2 is 1.59 bits per heavy atom. The lowest BCUT2D eigenvalue weighted by molar-refractivity contribution is 0.0597. The fourth-order valence-corrected chi connectivity index (χ4v) is 4.55. The maximum absolute atomic E-state index is 6.15. The van der Waals surface area contributed by atoms with E-state index in [1.54, 1.807) is 0 Å². The van der Waals surface area contributed by atoms with Crippen LogP contribution in [0.15, 0.2) is 9.21 Å². The molecule has 5 nitrogen and oxygen atoms in total. The fraction of sp³-hybridized carbons (Fsp3) is 0.833. The molecule has 0 N–H and O–H groups in total. The summed E-state index contributed by atoms with van der Waals surface area (Å²) in [6.45, 7) is 21.2. The molecule has 0 aliphatic heterocycles. The Kier molecular flexibility index (Phi) is 9.92. The van der Waals surface area contributed by atoms with Crippen LogP contribution in [-0.2, 0) is 27.2 Å². The van der Waals surface area contributed by atoms with Crippen LogP contribution in [0.1, 0.15) is 26.6 Å². The predicted octanol–water partition coefficient (Wildman–Crippen LogP) is 6.26. The monoisotopic (exact) mass is 542 g/mol. The maximum Gasteiger partial charge on any atom is 0.192 e. The van der Waals surface area contributed by atoms with E-state index in [0.29, 0.717) is 26.6 Å². The number of ether oxygens (including phenoxy) is 2. The molecule has 158 valence electrons. The van der Waals surface area contributed by atoms with E-state index in [0.717, 1.165) is 27.7 Å². The van der Waals surface area contributed by atoms with Gasteiger partial charge in [0.1, 0.15) is 28.4 Å². The molecule has 0 saturated heterocycles. The van der Waals surface area contributed by atoms with E-state index in [9.17, 15) is 0 Å². The normalized spacial score (nSPS) is 13.4. The Labute approximate surface area is 184 Å². The number of halogens is 2. The molecule has 1 aromatic heterocycles. The van der Waals surface area contributed by atoms with Gasteiger partial charge in [0.2, 0.25) is 0 Å². The average Bonchev–Trinajstić information content (AvgIpc) is 2.76. The summed E-state index contributed by atoms with van der Waals surface area (Å²) in [7, 11) is -2.80. The molecule has 0 unspecified atom stereocenters. The molecule has 1 heterocycles. The van der Waals surface area contributed by atoms with Gasteiger partial charge in [-0.2, -0.15) is 0 Å². The zero-order valence-corrected chi connectivity index (χ0v) is 23.3. The van der Waals surface area contributed by atoms with Gasteiger partial charge in [0, 0.05) is 14.7 Å². The van der Waals surface area contributed by atoms with Crippen LogP contribution in [0.5, 0.6) is 0 Å². The lowest BCUT2D eigenvalue weighted by Crippen LogP contribution is -2.41. The smallest absolute Gasteiger partial charge is 0.192 e. The number of hydrogen-bond donors (Lipinski definition) is 0. The number of rotatable bonds is 11. The van der Waals surface area contributed by atoms with Crippen LogP contribution in [-0.4, -0.2) is 45.8 Å². The topological polar surface area (TPSA) is 45.5 Å². The van der Waals surface area contributed by atoms with Gasteiger partial charge in [0.15, 0.2) is 8.32 Å². The van der Waals surface area contributed by atoms with Gasteiger partial charge in [-0.15, -0.1) is 0 Å². The van der Waals surface area contributed by atoms with Crippen LogP contribution in [0.25, 0.3) is 0 Å². The summed E-state index contributed by atoms with van der Waals surface area (Å²) >= 11 is 7.05. The number of aromatic nitrogens is 2. The van der Waals surface area contributed by atoms with Crippen molar-refractivity contribution >= 4 is 48.3 Å². The molecule has 1 rings (SSSR count). The Balaban J connectivity index is 2.48. The first-order chi connectivity index (χ1) is 12.2. The van der Waals surface area contributed by atoms with E-state index in [-0.39, 0.29) is 5.04 Å². The summed E-state index contributed by atoms with van der Waals surface area (Å²) in [5, 5.41) is 0.215. The van der Waals surface area contributed by atoms with Crippen molar-refractivity contribution in [3.05, 3.63) is 15.0 Å². The second kappa shape index (κ2) is 10.5. The van der Waals surface area contributed by atoms with E-state index in [1.807, 2.05) is 4.57 Å². The lowest BCUT2D eigenvalue weighted by atomic mass is 10.2. The first kappa shape index (κ1) is 25.5. The van der Waals surface area contributed by atoms with E-state index >= 15 is 0 Å². The quantitative estimate of drug-likeness (QED) is 0.244. The number of hydrogen-bond acceptors (Lipinski definition) is 4. The van der Waals surface area contributed by atoms with Crippen molar-refractivity contribution in [2.75, 3.05) is 19.8 Å². The molecule has 27 heavy (non-hydrogen) atoms. The van der Waals surface area contributed by atoms with Crippen LogP contribution < -0.4 is 0 Å². The molecule has 0 bridgehead atoms. The first-order valence-electron chi connectivity index (χ1n) is 9.44. The number of nitrogens with zero attached hydrogens (tertiary/aromatic N) is 2. The highest BCUT2D eigenvalue weighted by Crippen LogP contribution is 2.36. The summed E-state index contributed by atoms with van der Waals surface area (Å²) in [6.07, 6.45) is 0. The Morgan fingerprint density at radius 3 is 2.15 bits per heavy atom. The molecule has 0 aliphatic carbocycles. The molecule has 0 saturated carbocycles. The maximum atomic E-state index is 6.15. The standard InChI is InChI=1S/C18H36Br2N2O3Si2/c1-18(2,3)27(7,8)25-10-9-23-13-15-21-16(19)17(20)22(15)14-24-11-12-26(4,5)6/h9-14H2,1-8H3. The summed E-state index contributed by atoms with van der Waals surface area (Å²) in [4.78, 5) is 4.53. The second-order valence-corrected chi connectivity index (χ2v) is 21.5. The van der Waals surface area contributed by atoms with Crippen molar-refractivity contribution in [1.82, 2.24) is 9.55 Å². The molecule has 0 aromatic carbocycles. The van der Waals surface area contributed by atoms with Gasteiger partial charge in [-0.05, 0) is 56.0 Å². The highest BCUT2D eigenvalue weighted by molar-refractivity contribution is 9.13. The van der Waals surface area contributed by atoms with Crippen molar-refractivity contribution in [2.24, 2.45) is 0 Å². The third-order valence-corrected chi connectivity index (χ3v) is 13.0. The molecule has 9 heteroatoms. The second-order valence-electron chi connectivity index (χ2n) is 9.55. The minimum Gasteiger partial charge on any atom is -0.414 e. The highest BCUT2D eigenvalue weighted by Gasteiger charge is 2.36. The molecular formula is C18H36Br2N2O3Si2. The van der Waals surface area contributed by atoms with Crippen molar-refractivity contribution in [1.29, 1.82) is 0 Å². The van der Waals surface area contributed by atoms with Crippen LogP contribution in [0.4, 0.5) is 0 Å². The zero-order valence-electron chi connectivity index (χ0n) is 18.1. The third-order valence-electron chi connectivity index (χ3n) is 4.89. The molecule has 1 aromatic rings. The van der Waals surface area contributed by atoms with Gasteiger partial charge >= 0.3 is 0 Å². The van der Waals surface area contributed by atoms with Gasteiger partial charge < -0.3 is 13.9 Å². The average molecular weight is 544 g/mol. The van der Waals surface area contributed by atoms with Gasteiger partial charge in [-0.1, -0.05) is 40.4 Å². The summed E-state index contributed by atoms with van der Waals surface area (Å²) < 4.78 is 21.5. The van der Waals surface area contributed by atoms with Crippen LogP contribution in [0.3, 0.4) is 0 Å². The largest absolute Gasteiger partial charge is 0.414 e. The fourth-order valence-electron chi connectivity index (χ4n) is 1.96. The van der Waals surface area contributed by atoms with Gasteiger partial charge in [0.25, 0.3) is 0 Å². The van der Waals surface area contributed by atoms with Crippen molar-refractivity contribution in [2.45, 2.75) is 77.9 Å². The SMILES string of the molecule is CC(C)(C)[Si](C)(C)OCCOCc1nc(Br)c(Br)n1COCC[Si](C)(C)C. The molecule has 0 radical (unpaired) electrons. The van der Waals surface area contributed by atoms with Gasteiger partial charge in [-0.25, -0.2) is 4.98 Å². The molecular weight excluding hydrogens is 508 g/mol. The minimum atomic E-state index is -1.72. The summed E-state index contributed by atoms with van der Waals surface area (Å²) in [5.74, 6) is 0.842. The first-order valence-corrected chi connectivity index (χ1v) is 17.6. The van der Waals surface area contributed by atoms with Crippen molar-refractivity contribution in [3.8, 4) is 0 Å². The van der Waals surface area contributed by atoms with Crippen molar-refractivity contribution < 1.29 is 13.9 Å². The predicted molar refractivity (Wildman–Crippen MR) is 125 cm³/mol. The Bertz CT molecular complexity index is 597. The van der Waals surface area contributed by atoms with Crippen LogP contribution >= 0.6 is 31.9 Å². The van der Waals surface area contributed by atoms with Crippen LogP contribution in [0.2, 0.25) is 43.8 Å². The summed E-state index contributed by atoms with van der Waals surface area (Å²) in [5.41, 5.74) is 0. The summed E-state index contributed by atoms with van der Waals surface area (Å²) in [6, 6.07) is 1.15. The Hall–Kier alpha value is 0.484. The van der Waals surface area contributed by atoms with Gasteiger partial charge in [-0.3, -0.25) is 4.57 Å². The van der Waals surface area contributed by atoms with E-state index in [2.05, 4.69) is 90.4 Å². The molecule has 0 aliphatic rings.